The summed E-state index contributed by atoms with van der Waals surface area (Å²) in [6, 6.07) is 20.1. The summed E-state index contributed by atoms with van der Waals surface area (Å²) in [4.78, 5) is 13.2. The maximum atomic E-state index is 12.3. The molecule has 1 aromatic heterocycles. The van der Waals surface area contributed by atoms with Crippen molar-refractivity contribution >= 4 is 29.2 Å². The summed E-state index contributed by atoms with van der Waals surface area (Å²) in [5.74, 6) is 0.431. The van der Waals surface area contributed by atoms with Crippen LogP contribution < -0.4 is 10.1 Å². The fourth-order valence-electron chi connectivity index (χ4n) is 2.94. The number of aryl methyl sites for hydroxylation is 1. The molecule has 0 bridgehead atoms. The van der Waals surface area contributed by atoms with Gasteiger partial charge in [0.05, 0.1) is 6.54 Å². The number of azo groups is 1. The first-order chi connectivity index (χ1) is 16.7. The van der Waals surface area contributed by atoms with Gasteiger partial charge >= 0.3 is 6.36 Å². The zero-order valence-electron chi connectivity index (χ0n) is 18.3. The summed E-state index contributed by atoms with van der Waals surface area (Å²) in [7, 11) is 0. The van der Waals surface area contributed by atoms with Crippen molar-refractivity contribution in [3.05, 3.63) is 88.9 Å². The van der Waals surface area contributed by atoms with Crippen molar-refractivity contribution in [3.8, 4) is 17.1 Å². The lowest BCUT2D eigenvalue weighted by atomic mass is 10.1. The van der Waals surface area contributed by atoms with Crippen LogP contribution in [-0.2, 0) is 6.54 Å². The monoisotopic (exact) mass is 498 g/mol. The van der Waals surface area contributed by atoms with E-state index in [1.165, 1.54) is 24.3 Å². The van der Waals surface area contributed by atoms with Crippen LogP contribution in [0, 0.1) is 6.92 Å². The lowest BCUT2D eigenvalue weighted by Crippen LogP contribution is -2.16. The van der Waals surface area contributed by atoms with E-state index in [-0.39, 0.29) is 24.2 Å². The van der Waals surface area contributed by atoms with Gasteiger partial charge in [0.15, 0.2) is 5.82 Å². The Balaban J connectivity index is 1.55. The van der Waals surface area contributed by atoms with Crippen LogP contribution in [0.25, 0.3) is 11.4 Å². The van der Waals surface area contributed by atoms with Crippen molar-refractivity contribution in [3.63, 3.8) is 0 Å². The lowest BCUT2D eigenvalue weighted by molar-refractivity contribution is -0.274. The van der Waals surface area contributed by atoms with E-state index in [0.29, 0.717) is 16.4 Å². The van der Waals surface area contributed by atoms with E-state index in [1.54, 1.807) is 24.3 Å². The zero-order chi connectivity index (χ0) is 24.8. The predicted octanol–water partition coefficient (Wildman–Crippen LogP) is 7.43. The molecule has 35 heavy (non-hydrogen) atoms. The van der Waals surface area contributed by atoms with Gasteiger partial charge in [-0.15, -0.1) is 18.3 Å². The molecule has 7 nitrogen and oxygen atoms in total. The summed E-state index contributed by atoms with van der Waals surface area (Å²) in [6.07, 6.45) is -4.74. The minimum atomic E-state index is -4.74. The molecular formula is C24H18ClF3N6O. The molecule has 0 aliphatic heterocycles. The van der Waals surface area contributed by atoms with Crippen LogP contribution in [0.2, 0.25) is 5.02 Å². The lowest BCUT2D eigenvalue weighted by Gasteiger charge is -2.08. The van der Waals surface area contributed by atoms with E-state index in [1.807, 2.05) is 31.2 Å². The van der Waals surface area contributed by atoms with Crippen LogP contribution >= 0.6 is 11.6 Å². The van der Waals surface area contributed by atoms with Gasteiger partial charge in [0.2, 0.25) is 5.95 Å². The number of hydrogen-bond acceptors (Lipinski definition) is 7. The van der Waals surface area contributed by atoms with Gasteiger partial charge in [-0.2, -0.15) is 20.1 Å². The standard InChI is InChI=1S/C24H18ClF3N6O/c1-15-2-6-17(7-3-15)21-31-22(30-19-10-8-18(25)9-11-19)33-23(32-21)34-29-14-16-4-12-20(13-5-16)35-24(26,27)28/h2-13H,14H2,1H3,(H,30,31,32,33). The van der Waals surface area contributed by atoms with Crippen molar-refractivity contribution in [1.29, 1.82) is 0 Å². The Labute approximate surface area is 203 Å². The highest BCUT2D eigenvalue weighted by molar-refractivity contribution is 6.30. The van der Waals surface area contributed by atoms with E-state index in [4.69, 9.17) is 11.6 Å². The minimum absolute atomic E-state index is 0.0732. The fraction of sp³-hybridized carbons (Fsp3) is 0.125. The van der Waals surface area contributed by atoms with Gasteiger partial charge in [-0.1, -0.05) is 53.6 Å². The van der Waals surface area contributed by atoms with Crippen molar-refractivity contribution in [1.82, 2.24) is 15.0 Å². The van der Waals surface area contributed by atoms with Gasteiger partial charge in [-0.25, -0.2) is 0 Å². The van der Waals surface area contributed by atoms with Gasteiger partial charge in [0, 0.05) is 16.3 Å². The molecule has 0 spiro atoms. The second kappa shape index (κ2) is 10.5. The second-order valence-corrected chi connectivity index (χ2v) is 7.81. The molecule has 0 aliphatic rings. The van der Waals surface area contributed by atoms with E-state index >= 15 is 0 Å². The maximum Gasteiger partial charge on any atom is 0.573 e. The van der Waals surface area contributed by atoms with Gasteiger partial charge in [-0.3, -0.25) is 0 Å². The van der Waals surface area contributed by atoms with E-state index < -0.39 is 6.36 Å². The normalized spacial score (nSPS) is 11.6. The van der Waals surface area contributed by atoms with Gasteiger partial charge in [-0.05, 0) is 48.9 Å². The molecule has 0 atom stereocenters. The SMILES string of the molecule is Cc1ccc(-c2nc(N=NCc3ccc(OC(F)(F)F)cc3)nc(Nc3ccc(Cl)cc3)n2)cc1. The topological polar surface area (TPSA) is 84.7 Å². The Bertz CT molecular complexity index is 1310. The van der Waals surface area contributed by atoms with Crippen LogP contribution in [0.5, 0.6) is 5.75 Å². The molecule has 0 saturated carbocycles. The van der Waals surface area contributed by atoms with E-state index in [9.17, 15) is 13.2 Å². The quantitative estimate of drug-likeness (QED) is 0.268. The number of anilines is 2. The van der Waals surface area contributed by atoms with Crippen LogP contribution in [-0.4, -0.2) is 21.3 Å². The van der Waals surface area contributed by atoms with Crippen molar-refractivity contribution < 1.29 is 17.9 Å². The Kier molecular flexibility index (Phi) is 7.21. The Morgan fingerprint density at radius 3 is 2.23 bits per heavy atom. The molecule has 4 aromatic rings. The fourth-order valence-corrected chi connectivity index (χ4v) is 3.06. The Hall–Kier alpha value is -4.05. The third-order valence-electron chi connectivity index (χ3n) is 4.60. The molecule has 0 saturated heterocycles. The molecule has 1 heterocycles. The molecule has 0 aliphatic carbocycles. The second-order valence-electron chi connectivity index (χ2n) is 7.37. The first-order valence-corrected chi connectivity index (χ1v) is 10.7. The number of halogens is 4. The van der Waals surface area contributed by atoms with E-state index in [0.717, 1.165) is 16.8 Å². The molecule has 178 valence electrons. The molecule has 3 aromatic carbocycles. The molecule has 0 unspecified atom stereocenters. The molecule has 0 radical (unpaired) electrons. The largest absolute Gasteiger partial charge is 0.573 e. The number of hydrogen-bond donors (Lipinski definition) is 1. The minimum Gasteiger partial charge on any atom is -0.406 e. The number of nitrogens with zero attached hydrogens (tertiary/aromatic N) is 5. The Morgan fingerprint density at radius 1 is 0.886 bits per heavy atom. The van der Waals surface area contributed by atoms with Gasteiger partial charge in [0.25, 0.3) is 5.95 Å². The number of benzene rings is 3. The molecule has 0 fully saturated rings. The highest BCUT2D eigenvalue weighted by Crippen LogP contribution is 2.24. The maximum absolute atomic E-state index is 12.3. The van der Waals surface area contributed by atoms with Gasteiger partial charge in [0.1, 0.15) is 5.75 Å². The smallest absolute Gasteiger partial charge is 0.406 e. The summed E-state index contributed by atoms with van der Waals surface area (Å²) in [5, 5.41) is 11.9. The molecular weight excluding hydrogens is 481 g/mol. The van der Waals surface area contributed by atoms with Crippen molar-refractivity contribution in [2.24, 2.45) is 10.2 Å². The number of rotatable bonds is 7. The highest BCUT2D eigenvalue weighted by atomic mass is 35.5. The summed E-state index contributed by atoms with van der Waals surface area (Å²) < 4.78 is 40.8. The van der Waals surface area contributed by atoms with Crippen LogP contribution in [0.15, 0.2) is 83.0 Å². The summed E-state index contributed by atoms with van der Waals surface area (Å²) in [6.45, 7) is 2.09. The zero-order valence-corrected chi connectivity index (χ0v) is 19.0. The predicted molar refractivity (Wildman–Crippen MR) is 126 cm³/mol. The molecule has 11 heteroatoms. The summed E-state index contributed by atoms with van der Waals surface area (Å²) in [5.41, 5.74) is 3.22. The third kappa shape index (κ3) is 7.21. The molecule has 0 amide bonds. The van der Waals surface area contributed by atoms with Crippen LogP contribution in [0.4, 0.5) is 30.8 Å². The first kappa shape index (κ1) is 24.1. The molecule has 1 N–H and O–H groups in total. The average molecular weight is 499 g/mol. The molecule has 4 rings (SSSR count). The number of ether oxygens (including phenoxy) is 1. The average Bonchev–Trinajstić information content (AvgIpc) is 2.81. The number of nitrogens with one attached hydrogen (secondary N) is 1. The van der Waals surface area contributed by atoms with Gasteiger partial charge < -0.3 is 10.1 Å². The number of aromatic nitrogens is 3. The number of alkyl halides is 3. The summed E-state index contributed by atoms with van der Waals surface area (Å²) >= 11 is 5.95. The van der Waals surface area contributed by atoms with Crippen molar-refractivity contribution in [2.45, 2.75) is 19.8 Å². The highest BCUT2D eigenvalue weighted by Gasteiger charge is 2.30. The van der Waals surface area contributed by atoms with E-state index in [2.05, 4.69) is 35.2 Å². The Morgan fingerprint density at radius 2 is 1.57 bits per heavy atom. The van der Waals surface area contributed by atoms with Crippen molar-refractivity contribution in [2.75, 3.05) is 5.32 Å². The first-order valence-electron chi connectivity index (χ1n) is 10.3. The van der Waals surface area contributed by atoms with Crippen LogP contribution in [0.1, 0.15) is 11.1 Å². The van der Waals surface area contributed by atoms with Crippen LogP contribution in [0.3, 0.4) is 0 Å². The third-order valence-corrected chi connectivity index (χ3v) is 4.86.